The normalized spacial score (nSPS) is 10.5. The van der Waals surface area contributed by atoms with Gasteiger partial charge in [-0.3, -0.25) is 4.79 Å². The van der Waals surface area contributed by atoms with Crippen molar-refractivity contribution in [3.05, 3.63) is 57.2 Å². The number of pyridine rings is 1. The van der Waals surface area contributed by atoms with Gasteiger partial charge in [0.1, 0.15) is 16.5 Å². The Morgan fingerprint density at radius 2 is 1.89 bits per heavy atom. The monoisotopic (exact) mass is 281 g/mol. The summed E-state index contributed by atoms with van der Waals surface area (Å²) in [5, 5.41) is 9.08. The summed E-state index contributed by atoms with van der Waals surface area (Å²) in [6, 6.07) is 5.12. The molecular weight excluding hydrogens is 273 g/mol. The van der Waals surface area contributed by atoms with Crippen LogP contribution in [0.3, 0.4) is 0 Å². The molecule has 0 spiro atoms. The Bertz CT molecular complexity index is 707. The van der Waals surface area contributed by atoms with Crippen LogP contribution >= 0.6 is 11.6 Å². The summed E-state index contributed by atoms with van der Waals surface area (Å²) < 4.78 is 14.2. The highest BCUT2D eigenvalue weighted by Gasteiger charge is 2.18. The third-order valence-corrected chi connectivity index (χ3v) is 3.13. The first kappa shape index (κ1) is 13.3. The fraction of sp³-hybridized carbons (Fsp3) is 0.0769. The van der Waals surface area contributed by atoms with Crippen molar-refractivity contribution in [3.8, 4) is 11.1 Å². The second-order valence-corrected chi connectivity index (χ2v) is 4.32. The number of aromatic carboxylic acids is 1. The molecule has 0 saturated carbocycles. The summed E-state index contributed by atoms with van der Waals surface area (Å²) in [4.78, 5) is 23.1. The number of halogens is 2. The summed E-state index contributed by atoms with van der Waals surface area (Å²) in [5.41, 5.74) is -0.660. The van der Waals surface area contributed by atoms with Gasteiger partial charge in [-0.25, -0.2) is 9.18 Å². The molecule has 6 heteroatoms. The molecular formula is C13H9ClFNO3. The standard InChI is InChI=1S/C13H9ClFNO3/c1-16-6-9(13(18)19)11(17)10(12(16)14)7-2-4-8(15)5-3-7/h2-6H,1H3,(H,18,19). The van der Waals surface area contributed by atoms with Crippen LogP contribution in [0.25, 0.3) is 11.1 Å². The van der Waals surface area contributed by atoms with Gasteiger partial charge in [-0.05, 0) is 17.7 Å². The molecule has 1 aromatic heterocycles. The minimum Gasteiger partial charge on any atom is -0.477 e. The molecule has 19 heavy (non-hydrogen) atoms. The molecule has 1 heterocycles. The summed E-state index contributed by atoms with van der Waals surface area (Å²) in [6.45, 7) is 0. The van der Waals surface area contributed by atoms with Gasteiger partial charge in [-0.1, -0.05) is 23.7 Å². The van der Waals surface area contributed by atoms with Crippen molar-refractivity contribution >= 4 is 17.6 Å². The minimum absolute atomic E-state index is 0.0454. The number of carboxylic acids is 1. The smallest absolute Gasteiger partial charge is 0.341 e. The first-order valence-electron chi connectivity index (χ1n) is 5.30. The van der Waals surface area contributed by atoms with Crippen molar-refractivity contribution in [3.63, 3.8) is 0 Å². The molecule has 0 unspecified atom stereocenters. The second-order valence-electron chi connectivity index (χ2n) is 3.96. The van der Waals surface area contributed by atoms with E-state index in [0.717, 1.165) is 6.20 Å². The molecule has 0 bridgehead atoms. The molecule has 2 aromatic rings. The molecule has 0 saturated heterocycles. The van der Waals surface area contributed by atoms with E-state index in [1.807, 2.05) is 0 Å². The maximum atomic E-state index is 12.9. The Hall–Kier alpha value is -2.14. The number of benzene rings is 1. The van der Waals surface area contributed by atoms with Crippen LogP contribution in [-0.4, -0.2) is 15.6 Å². The summed E-state index contributed by atoms with van der Waals surface area (Å²) in [7, 11) is 1.53. The van der Waals surface area contributed by atoms with Crippen molar-refractivity contribution in [2.24, 2.45) is 7.05 Å². The lowest BCUT2D eigenvalue weighted by Gasteiger charge is -2.10. The Labute approximate surface area is 112 Å². The van der Waals surface area contributed by atoms with E-state index in [0.29, 0.717) is 5.56 Å². The highest BCUT2D eigenvalue weighted by molar-refractivity contribution is 6.32. The Morgan fingerprint density at radius 3 is 2.42 bits per heavy atom. The zero-order valence-corrected chi connectivity index (χ0v) is 10.6. The largest absolute Gasteiger partial charge is 0.477 e. The molecule has 0 aliphatic heterocycles. The van der Waals surface area contributed by atoms with Crippen LogP contribution in [0, 0.1) is 5.82 Å². The van der Waals surface area contributed by atoms with Gasteiger partial charge in [0.05, 0.1) is 5.56 Å². The van der Waals surface area contributed by atoms with Crippen LogP contribution in [0.15, 0.2) is 35.3 Å². The highest BCUT2D eigenvalue weighted by Crippen LogP contribution is 2.24. The number of carboxylic acid groups (broad SMARTS) is 1. The molecule has 0 fully saturated rings. The van der Waals surface area contributed by atoms with E-state index in [1.165, 1.54) is 35.9 Å². The average molecular weight is 282 g/mol. The van der Waals surface area contributed by atoms with Gasteiger partial charge in [-0.2, -0.15) is 0 Å². The van der Waals surface area contributed by atoms with Crippen LogP contribution in [-0.2, 0) is 7.05 Å². The number of aryl methyl sites for hydroxylation is 1. The lowest BCUT2D eigenvalue weighted by Crippen LogP contribution is -2.20. The molecule has 4 nitrogen and oxygen atoms in total. The maximum Gasteiger partial charge on any atom is 0.341 e. The lowest BCUT2D eigenvalue weighted by atomic mass is 10.0. The second kappa shape index (κ2) is 4.85. The molecule has 0 atom stereocenters. The van der Waals surface area contributed by atoms with Crippen LogP contribution < -0.4 is 5.43 Å². The number of rotatable bonds is 2. The third-order valence-electron chi connectivity index (χ3n) is 2.67. The van der Waals surface area contributed by atoms with Gasteiger partial charge in [0.2, 0.25) is 5.43 Å². The molecule has 1 N–H and O–H groups in total. The van der Waals surface area contributed by atoms with Gasteiger partial charge in [0.25, 0.3) is 0 Å². The van der Waals surface area contributed by atoms with Gasteiger partial charge < -0.3 is 9.67 Å². The topological polar surface area (TPSA) is 59.3 Å². The zero-order chi connectivity index (χ0) is 14.2. The van der Waals surface area contributed by atoms with Crippen molar-refractivity contribution in [1.29, 1.82) is 0 Å². The number of hydrogen-bond acceptors (Lipinski definition) is 2. The van der Waals surface area contributed by atoms with E-state index >= 15 is 0 Å². The maximum absolute atomic E-state index is 12.9. The molecule has 1 aromatic carbocycles. The van der Waals surface area contributed by atoms with E-state index in [4.69, 9.17) is 16.7 Å². The molecule has 2 rings (SSSR count). The number of hydrogen-bond donors (Lipinski definition) is 1. The zero-order valence-electron chi connectivity index (χ0n) is 9.85. The van der Waals surface area contributed by atoms with Gasteiger partial charge in [0.15, 0.2) is 0 Å². The minimum atomic E-state index is -1.33. The first-order chi connectivity index (χ1) is 8.91. The van der Waals surface area contributed by atoms with Gasteiger partial charge in [-0.15, -0.1) is 0 Å². The quantitative estimate of drug-likeness (QED) is 0.861. The molecule has 0 amide bonds. The van der Waals surface area contributed by atoms with E-state index in [1.54, 1.807) is 0 Å². The van der Waals surface area contributed by atoms with Crippen molar-refractivity contribution in [2.45, 2.75) is 0 Å². The van der Waals surface area contributed by atoms with Crippen LogP contribution in [0.5, 0.6) is 0 Å². The number of aromatic nitrogens is 1. The van der Waals surface area contributed by atoms with Crippen molar-refractivity contribution < 1.29 is 14.3 Å². The average Bonchev–Trinajstić information content (AvgIpc) is 2.36. The summed E-state index contributed by atoms with van der Waals surface area (Å²) in [6.07, 6.45) is 1.15. The predicted molar refractivity (Wildman–Crippen MR) is 69.0 cm³/mol. The molecule has 0 aliphatic rings. The summed E-state index contributed by atoms with van der Waals surface area (Å²) >= 11 is 6.03. The third kappa shape index (κ3) is 2.37. The van der Waals surface area contributed by atoms with Crippen molar-refractivity contribution in [1.82, 2.24) is 4.57 Å². The van der Waals surface area contributed by atoms with E-state index < -0.39 is 17.2 Å². The Balaban J connectivity index is 2.79. The number of carbonyl (C=O) groups is 1. The highest BCUT2D eigenvalue weighted by atomic mass is 35.5. The van der Waals surface area contributed by atoms with E-state index in [-0.39, 0.29) is 16.3 Å². The lowest BCUT2D eigenvalue weighted by molar-refractivity contribution is 0.0694. The molecule has 0 aliphatic carbocycles. The molecule has 0 radical (unpaired) electrons. The fourth-order valence-corrected chi connectivity index (χ4v) is 1.98. The Kier molecular flexibility index (Phi) is 3.40. The van der Waals surface area contributed by atoms with Crippen LogP contribution in [0.2, 0.25) is 5.15 Å². The number of nitrogens with zero attached hydrogens (tertiary/aromatic N) is 1. The van der Waals surface area contributed by atoms with E-state index in [9.17, 15) is 14.0 Å². The van der Waals surface area contributed by atoms with Crippen LogP contribution in [0.4, 0.5) is 4.39 Å². The first-order valence-corrected chi connectivity index (χ1v) is 5.68. The van der Waals surface area contributed by atoms with Crippen molar-refractivity contribution in [2.75, 3.05) is 0 Å². The summed E-state index contributed by atoms with van der Waals surface area (Å²) in [5.74, 6) is -1.79. The SMILES string of the molecule is Cn1cc(C(=O)O)c(=O)c(-c2ccc(F)cc2)c1Cl. The van der Waals surface area contributed by atoms with E-state index in [2.05, 4.69) is 0 Å². The Morgan fingerprint density at radius 1 is 1.32 bits per heavy atom. The van der Waals surface area contributed by atoms with Crippen LogP contribution in [0.1, 0.15) is 10.4 Å². The van der Waals surface area contributed by atoms with Gasteiger partial charge in [0, 0.05) is 13.2 Å². The predicted octanol–water partition coefficient (Wildman–Crippen LogP) is 2.54. The van der Waals surface area contributed by atoms with Gasteiger partial charge >= 0.3 is 5.97 Å². The fourth-order valence-electron chi connectivity index (χ4n) is 1.73. The molecule has 98 valence electrons.